The summed E-state index contributed by atoms with van der Waals surface area (Å²) in [7, 11) is 0. The number of aromatic nitrogens is 3. The van der Waals surface area contributed by atoms with Crippen molar-refractivity contribution in [1.29, 1.82) is 0 Å². The highest BCUT2D eigenvalue weighted by Crippen LogP contribution is 2.05. The molecule has 0 radical (unpaired) electrons. The van der Waals surface area contributed by atoms with Crippen molar-refractivity contribution < 1.29 is 4.79 Å². The van der Waals surface area contributed by atoms with Gasteiger partial charge in [-0.3, -0.25) is 10.4 Å². The number of hydrogen-bond acceptors (Lipinski definition) is 3. The topological polar surface area (TPSA) is 82.7 Å². The number of carbonyl (C=O) groups excluding carboxylic acids is 1. The van der Waals surface area contributed by atoms with Crippen LogP contribution in [0.15, 0.2) is 30.6 Å². The molecule has 2 rings (SSSR count). The average molecular weight is 259 g/mol. The zero-order valence-electron chi connectivity index (χ0n) is 10.8. The van der Waals surface area contributed by atoms with E-state index >= 15 is 0 Å². The first kappa shape index (κ1) is 13.1. The number of rotatable bonds is 5. The van der Waals surface area contributed by atoms with Crippen molar-refractivity contribution in [2.24, 2.45) is 0 Å². The summed E-state index contributed by atoms with van der Waals surface area (Å²) < 4.78 is 0. The monoisotopic (exact) mass is 259 g/mol. The Morgan fingerprint density at radius 2 is 2.32 bits per heavy atom. The third-order valence-corrected chi connectivity index (χ3v) is 2.75. The van der Waals surface area contributed by atoms with Crippen LogP contribution in [0.3, 0.4) is 0 Å². The van der Waals surface area contributed by atoms with E-state index in [1.807, 2.05) is 19.2 Å². The second-order valence-electron chi connectivity index (χ2n) is 4.22. The van der Waals surface area contributed by atoms with Crippen LogP contribution in [-0.2, 0) is 6.42 Å². The van der Waals surface area contributed by atoms with E-state index in [0.717, 1.165) is 18.5 Å². The maximum absolute atomic E-state index is 11.6. The van der Waals surface area contributed by atoms with Crippen LogP contribution < -0.4 is 10.6 Å². The maximum atomic E-state index is 11.6. The van der Waals surface area contributed by atoms with Gasteiger partial charge in [0.05, 0.1) is 6.20 Å². The molecule has 0 aliphatic rings. The molecule has 2 aromatic rings. The first-order chi connectivity index (χ1) is 9.25. The molecule has 6 heteroatoms. The fourth-order valence-corrected chi connectivity index (χ4v) is 1.71. The van der Waals surface area contributed by atoms with Gasteiger partial charge in [0.15, 0.2) is 0 Å². The van der Waals surface area contributed by atoms with Crippen LogP contribution >= 0.6 is 0 Å². The standard InChI is InChI=1S/C13H17N5O/c1-10-11(9-16-18-10)5-4-8-15-13(19)17-12-6-2-3-7-14-12/h2-3,6-7,9H,4-5,8H2,1H3,(H,16,18)(H2,14,15,17,19). The summed E-state index contributed by atoms with van der Waals surface area (Å²) in [6.07, 6.45) is 5.22. The highest BCUT2D eigenvalue weighted by molar-refractivity contribution is 5.88. The molecule has 19 heavy (non-hydrogen) atoms. The highest BCUT2D eigenvalue weighted by atomic mass is 16.2. The molecule has 2 heterocycles. The zero-order valence-corrected chi connectivity index (χ0v) is 10.8. The lowest BCUT2D eigenvalue weighted by Crippen LogP contribution is -2.30. The number of nitrogens with one attached hydrogen (secondary N) is 3. The van der Waals surface area contributed by atoms with Crippen molar-refractivity contribution >= 4 is 11.8 Å². The third-order valence-electron chi connectivity index (χ3n) is 2.75. The van der Waals surface area contributed by atoms with Crippen LogP contribution in [0.4, 0.5) is 10.6 Å². The molecule has 3 N–H and O–H groups in total. The SMILES string of the molecule is Cc1[nH]ncc1CCCNC(=O)Nc1ccccn1. The Kier molecular flexibility index (Phi) is 4.49. The first-order valence-electron chi connectivity index (χ1n) is 6.20. The van der Waals surface area contributed by atoms with Crippen LogP contribution in [0.5, 0.6) is 0 Å². The van der Waals surface area contributed by atoms with Crippen molar-refractivity contribution in [1.82, 2.24) is 20.5 Å². The van der Waals surface area contributed by atoms with E-state index in [1.54, 1.807) is 18.3 Å². The highest BCUT2D eigenvalue weighted by Gasteiger charge is 2.03. The van der Waals surface area contributed by atoms with Crippen LogP contribution in [0.2, 0.25) is 0 Å². The zero-order chi connectivity index (χ0) is 13.5. The number of carbonyl (C=O) groups is 1. The van der Waals surface area contributed by atoms with E-state index in [-0.39, 0.29) is 6.03 Å². The first-order valence-corrected chi connectivity index (χ1v) is 6.20. The Balaban J connectivity index is 1.66. The molecule has 100 valence electrons. The van der Waals surface area contributed by atoms with Gasteiger partial charge in [-0.15, -0.1) is 0 Å². The van der Waals surface area contributed by atoms with E-state index in [0.29, 0.717) is 12.4 Å². The molecule has 0 saturated carbocycles. The fraction of sp³-hybridized carbons (Fsp3) is 0.308. The van der Waals surface area contributed by atoms with Crippen LogP contribution in [0.1, 0.15) is 17.7 Å². The van der Waals surface area contributed by atoms with E-state index in [1.165, 1.54) is 5.56 Å². The van der Waals surface area contributed by atoms with Crippen molar-refractivity contribution in [2.75, 3.05) is 11.9 Å². The van der Waals surface area contributed by atoms with Gasteiger partial charge in [-0.25, -0.2) is 9.78 Å². The summed E-state index contributed by atoms with van der Waals surface area (Å²) in [6, 6.07) is 5.14. The van der Waals surface area contributed by atoms with Gasteiger partial charge in [0.25, 0.3) is 0 Å². The lowest BCUT2D eigenvalue weighted by atomic mass is 10.1. The predicted molar refractivity (Wildman–Crippen MR) is 72.9 cm³/mol. The van der Waals surface area contributed by atoms with Crippen LogP contribution in [0, 0.1) is 6.92 Å². The Hall–Kier alpha value is -2.37. The molecule has 2 amide bonds. The Morgan fingerprint density at radius 3 is 3.00 bits per heavy atom. The molecule has 2 aromatic heterocycles. The summed E-state index contributed by atoms with van der Waals surface area (Å²) in [6.45, 7) is 2.60. The maximum Gasteiger partial charge on any atom is 0.320 e. The molecule has 0 spiro atoms. The Morgan fingerprint density at radius 1 is 1.42 bits per heavy atom. The number of pyridine rings is 1. The Labute approximate surface area is 111 Å². The van der Waals surface area contributed by atoms with Gasteiger partial charge in [-0.1, -0.05) is 6.07 Å². The van der Waals surface area contributed by atoms with Crippen LogP contribution in [-0.4, -0.2) is 27.8 Å². The Bertz CT molecular complexity index is 523. The number of urea groups is 1. The fourth-order valence-electron chi connectivity index (χ4n) is 1.71. The average Bonchev–Trinajstić information content (AvgIpc) is 2.81. The normalized spacial score (nSPS) is 10.2. The van der Waals surface area contributed by atoms with E-state index in [4.69, 9.17) is 0 Å². The molecule has 0 aromatic carbocycles. The van der Waals surface area contributed by atoms with Crippen molar-refractivity contribution in [3.05, 3.63) is 41.9 Å². The minimum Gasteiger partial charge on any atom is -0.338 e. The molecule has 0 aliphatic carbocycles. The largest absolute Gasteiger partial charge is 0.338 e. The van der Waals surface area contributed by atoms with Crippen molar-refractivity contribution in [2.45, 2.75) is 19.8 Å². The van der Waals surface area contributed by atoms with Crippen molar-refractivity contribution in [3.63, 3.8) is 0 Å². The summed E-state index contributed by atoms with van der Waals surface area (Å²) in [5.74, 6) is 0.547. The smallest absolute Gasteiger partial charge is 0.320 e. The number of amides is 2. The van der Waals surface area contributed by atoms with E-state index < -0.39 is 0 Å². The lowest BCUT2D eigenvalue weighted by Gasteiger charge is -2.06. The molecule has 6 nitrogen and oxygen atoms in total. The van der Waals surface area contributed by atoms with Crippen LogP contribution in [0.25, 0.3) is 0 Å². The predicted octanol–water partition coefficient (Wildman–Crippen LogP) is 1.87. The van der Waals surface area contributed by atoms with E-state index in [9.17, 15) is 4.79 Å². The molecule has 0 fully saturated rings. The molecule has 0 saturated heterocycles. The molecule has 0 atom stereocenters. The summed E-state index contributed by atoms with van der Waals surface area (Å²) in [4.78, 5) is 15.6. The molecule has 0 aliphatic heterocycles. The lowest BCUT2D eigenvalue weighted by molar-refractivity contribution is 0.252. The molecule has 0 bridgehead atoms. The summed E-state index contributed by atoms with van der Waals surface area (Å²) >= 11 is 0. The van der Waals surface area contributed by atoms with Gasteiger partial charge in [-0.2, -0.15) is 5.10 Å². The van der Waals surface area contributed by atoms with Gasteiger partial charge in [0, 0.05) is 18.4 Å². The minimum atomic E-state index is -0.234. The molecular formula is C13H17N5O. The summed E-state index contributed by atoms with van der Waals surface area (Å²) in [5.41, 5.74) is 2.27. The van der Waals surface area contributed by atoms with Gasteiger partial charge in [0.1, 0.15) is 5.82 Å². The van der Waals surface area contributed by atoms with Gasteiger partial charge >= 0.3 is 6.03 Å². The van der Waals surface area contributed by atoms with Gasteiger partial charge < -0.3 is 5.32 Å². The quantitative estimate of drug-likeness (QED) is 0.717. The number of anilines is 1. The molecule has 0 unspecified atom stereocenters. The number of hydrogen-bond donors (Lipinski definition) is 3. The van der Waals surface area contributed by atoms with Gasteiger partial charge in [-0.05, 0) is 37.5 Å². The minimum absolute atomic E-state index is 0.234. The van der Waals surface area contributed by atoms with Gasteiger partial charge in [0.2, 0.25) is 0 Å². The van der Waals surface area contributed by atoms with Crippen molar-refractivity contribution in [3.8, 4) is 0 Å². The third kappa shape index (κ3) is 4.09. The number of aromatic amines is 1. The number of aryl methyl sites for hydroxylation is 2. The number of nitrogens with zero attached hydrogens (tertiary/aromatic N) is 2. The van der Waals surface area contributed by atoms with E-state index in [2.05, 4.69) is 25.8 Å². The number of H-pyrrole nitrogens is 1. The second kappa shape index (κ2) is 6.53. The second-order valence-corrected chi connectivity index (χ2v) is 4.22. The summed E-state index contributed by atoms with van der Waals surface area (Å²) in [5, 5.41) is 12.3. The molecular weight excluding hydrogens is 242 g/mol.